The minimum atomic E-state index is 0. The normalized spacial score (nSPS) is 15.4. The molecule has 1 atom stereocenters. The molecule has 0 aliphatic carbocycles. The van der Waals surface area contributed by atoms with E-state index in [9.17, 15) is 4.79 Å². The van der Waals surface area contributed by atoms with Gasteiger partial charge in [-0.2, -0.15) is 5.10 Å². The molecule has 2 aromatic carbocycles. The highest BCUT2D eigenvalue weighted by Gasteiger charge is 2.24. The zero-order valence-corrected chi connectivity index (χ0v) is 20.8. The number of carbonyl (C=O) groups is 1. The van der Waals surface area contributed by atoms with Gasteiger partial charge in [-0.15, -0.1) is 24.0 Å². The van der Waals surface area contributed by atoms with E-state index in [2.05, 4.69) is 32.1 Å². The molecule has 0 saturated heterocycles. The summed E-state index contributed by atoms with van der Waals surface area (Å²) in [6, 6.07) is 15.5. The molecule has 32 heavy (non-hydrogen) atoms. The molecule has 0 fully saturated rings. The molecule has 1 aliphatic rings. The standard InChI is InChI=1S/C23H25ClN6O.HI/c1-2-25-23(27-14-17-11-22(31)29-21-6-4-3-5-20(17)21)26-12-16-13-28-30(15-16)19-9-7-18(24)8-10-19;/h3-10,13,15,17H,2,11-12,14H2,1H3,(H,29,31)(H2,25,26,27);1H. The van der Waals surface area contributed by atoms with Crippen LogP contribution in [0.2, 0.25) is 5.02 Å². The Labute approximate surface area is 209 Å². The van der Waals surface area contributed by atoms with Crippen LogP contribution in [0.25, 0.3) is 5.69 Å². The first-order chi connectivity index (χ1) is 15.1. The Bertz CT molecular complexity index is 1080. The van der Waals surface area contributed by atoms with Gasteiger partial charge in [0.05, 0.1) is 18.4 Å². The monoisotopic (exact) mass is 564 g/mol. The number of aliphatic imine (C=N–C) groups is 1. The number of hydrogen-bond acceptors (Lipinski definition) is 3. The highest BCUT2D eigenvalue weighted by Crippen LogP contribution is 2.31. The van der Waals surface area contributed by atoms with Gasteiger partial charge in [-0.25, -0.2) is 9.67 Å². The summed E-state index contributed by atoms with van der Waals surface area (Å²) in [4.78, 5) is 16.7. The first-order valence-corrected chi connectivity index (χ1v) is 10.7. The van der Waals surface area contributed by atoms with Crippen molar-refractivity contribution in [3.05, 3.63) is 77.1 Å². The van der Waals surface area contributed by atoms with Crippen LogP contribution in [0.1, 0.15) is 30.4 Å². The summed E-state index contributed by atoms with van der Waals surface area (Å²) in [6.45, 7) is 3.89. The number of fused-ring (bicyclic) bond motifs is 1. The third-order valence-electron chi connectivity index (χ3n) is 5.11. The highest BCUT2D eigenvalue weighted by molar-refractivity contribution is 14.0. The number of amides is 1. The molecule has 4 rings (SSSR count). The second kappa shape index (κ2) is 11.3. The molecule has 0 saturated carbocycles. The molecule has 1 aliphatic heterocycles. The summed E-state index contributed by atoms with van der Waals surface area (Å²) in [5, 5.41) is 14.7. The molecule has 0 radical (unpaired) electrons. The van der Waals surface area contributed by atoms with Gasteiger partial charge < -0.3 is 16.0 Å². The first kappa shape index (κ1) is 24.1. The minimum Gasteiger partial charge on any atom is -0.357 e. The van der Waals surface area contributed by atoms with E-state index >= 15 is 0 Å². The van der Waals surface area contributed by atoms with Crippen LogP contribution in [0.15, 0.2) is 65.9 Å². The summed E-state index contributed by atoms with van der Waals surface area (Å²) >= 11 is 5.96. The summed E-state index contributed by atoms with van der Waals surface area (Å²) in [7, 11) is 0. The SMILES string of the molecule is CCNC(=NCc1cnn(-c2ccc(Cl)cc2)c1)NCC1CC(=O)Nc2ccccc21.I. The van der Waals surface area contributed by atoms with Crippen molar-refractivity contribution in [2.75, 3.05) is 18.4 Å². The average Bonchev–Trinajstić information content (AvgIpc) is 3.25. The van der Waals surface area contributed by atoms with Crippen molar-refractivity contribution < 1.29 is 4.79 Å². The maximum Gasteiger partial charge on any atom is 0.225 e. The van der Waals surface area contributed by atoms with E-state index < -0.39 is 0 Å². The Morgan fingerprint density at radius 2 is 2.00 bits per heavy atom. The summed E-state index contributed by atoms with van der Waals surface area (Å²) in [6.07, 6.45) is 4.22. The minimum absolute atomic E-state index is 0. The topological polar surface area (TPSA) is 83.3 Å². The van der Waals surface area contributed by atoms with Crippen molar-refractivity contribution in [3.8, 4) is 5.69 Å². The zero-order valence-electron chi connectivity index (χ0n) is 17.7. The summed E-state index contributed by atoms with van der Waals surface area (Å²) < 4.78 is 1.80. The zero-order chi connectivity index (χ0) is 21.6. The smallest absolute Gasteiger partial charge is 0.225 e. The van der Waals surface area contributed by atoms with Crippen LogP contribution in [-0.2, 0) is 11.3 Å². The fourth-order valence-electron chi connectivity index (χ4n) is 3.59. The van der Waals surface area contributed by atoms with Crippen LogP contribution >= 0.6 is 35.6 Å². The second-order valence-corrected chi connectivity index (χ2v) is 7.82. The third kappa shape index (κ3) is 6.01. The van der Waals surface area contributed by atoms with Gasteiger partial charge in [0.1, 0.15) is 0 Å². The molecule has 9 heteroatoms. The molecular weight excluding hydrogens is 539 g/mol. The van der Waals surface area contributed by atoms with Crippen molar-refractivity contribution in [1.29, 1.82) is 0 Å². The van der Waals surface area contributed by atoms with Crippen LogP contribution in [0.5, 0.6) is 0 Å². The second-order valence-electron chi connectivity index (χ2n) is 7.38. The van der Waals surface area contributed by atoms with Crippen LogP contribution in [0, 0.1) is 0 Å². The number of rotatable bonds is 6. The van der Waals surface area contributed by atoms with Crippen LogP contribution in [0.4, 0.5) is 5.69 Å². The third-order valence-corrected chi connectivity index (χ3v) is 5.37. The van der Waals surface area contributed by atoms with Gasteiger partial charge in [-0.1, -0.05) is 29.8 Å². The fraction of sp³-hybridized carbons (Fsp3) is 0.261. The van der Waals surface area contributed by atoms with Crippen molar-refractivity contribution in [1.82, 2.24) is 20.4 Å². The van der Waals surface area contributed by atoms with E-state index in [-0.39, 0.29) is 35.8 Å². The number of hydrogen-bond donors (Lipinski definition) is 3. The van der Waals surface area contributed by atoms with Gasteiger partial charge in [0.2, 0.25) is 5.91 Å². The molecule has 7 nitrogen and oxygen atoms in total. The largest absolute Gasteiger partial charge is 0.357 e. The average molecular weight is 565 g/mol. The maximum absolute atomic E-state index is 12.1. The van der Waals surface area contributed by atoms with E-state index in [4.69, 9.17) is 11.6 Å². The lowest BCUT2D eigenvalue weighted by Gasteiger charge is -2.26. The number of benzene rings is 2. The number of para-hydroxylation sites is 1. The molecule has 168 valence electrons. The van der Waals surface area contributed by atoms with E-state index in [1.165, 1.54) is 0 Å². The molecule has 1 unspecified atom stereocenters. The number of nitrogens with zero attached hydrogens (tertiary/aromatic N) is 3. The van der Waals surface area contributed by atoms with Gasteiger partial charge in [0.25, 0.3) is 0 Å². The summed E-state index contributed by atoms with van der Waals surface area (Å²) in [5.74, 6) is 0.855. The first-order valence-electron chi connectivity index (χ1n) is 10.3. The fourth-order valence-corrected chi connectivity index (χ4v) is 3.72. The molecule has 1 aromatic heterocycles. The lowest BCUT2D eigenvalue weighted by atomic mass is 9.90. The number of nitrogens with one attached hydrogen (secondary N) is 3. The Hall–Kier alpha value is -2.59. The Kier molecular flexibility index (Phi) is 8.52. The van der Waals surface area contributed by atoms with E-state index in [1.54, 1.807) is 4.68 Å². The van der Waals surface area contributed by atoms with Gasteiger partial charge in [-0.3, -0.25) is 4.79 Å². The quantitative estimate of drug-likeness (QED) is 0.237. The molecule has 0 bridgehead atoms. The molecule has 2 heterocycles. The van der Waals surface area contributed by atoms with Gasteiger partial charge >= 0.3 is 0 Å². The van der Waals surface area contributed by atoms with Crippen molar-refractivity contribution >= 4 is 53.1 Å². The Balaban J connectivity index is 0.00000289. The van der Waals surface area contributed by atoms with E-state index in [0.29, 0.717) is 30.5 Å². The Morgan fingerprint density at radius 1 is 1.22 bits per heavy atom. The van der Waals surface area contributed by atoms with Crippen LogP contribution in [0.3, 0.4) is 0 Å². The number of aromatic nitrogens is 2. The van der Waals surface area contributed by atoms with Gasteiger partial charge in [0, 0.05) is 47.9 Å². The van der Waals surface area contributed by atoms with Gasteiger partial charge in [0.15, 0.2) is 5.96 Å². The van der Waals surface area contributed by atoms with E-state index in [0.717, 1.165) is 29.0 Å². The number of anilines is 1. The van der Waals surface area contributed by atoms with Crippen molar-refractivity contribution in [3.63, 3.8) is 0 Å². The van der Waals surface area contributed by atoms with Crippen molar-refractivity contribution in [2.45, 2.75) is 25.8 Å². The lowest BCUT2D eigenvalue weighted by Crippen LogP contribution is -2.40. The number of guanidine groups is 1. The number of carbonyl (C=O) groups excluding carboxylic acids is 1. The predicted molar refractivity (Wildman–Crippen MR) is 139 cm³/mol. The van der Waals surface area contributed by atoms with Crippen LogP contribution in [-0.4, -0.2) is 34.7 Å². The molecular formula is C23H26ClIN6O. The number of halogens is 2. The molecule has 3 N–H and O–H groups in total. The van der Waals surface area contributed by atoms with Crippen LogP contribution < -0.4 is 16.0 Å². The molecule has 0 spiro atoms. The van der Waals surface area contributed by atoms with Gasteiger partial charge in [-0.05, 0) is 42.8 Å². The molecule has 1 amide bonds. The van der Waals surface area contributed by atoms with Crippen molar-refractivity contribution in [2.24, 2.45) is 4.99 Å². The Morgan fingerprint density at radius 3 is 2.78 bits per heavy atom. The molecule has 3 aromatic rings. The predicted octanol–water partition coefficient (Wildman–Crippen LogP) is 4.32. The summed E-state index contributed by atoms with van der Waals surface area (Å²) in [5.41, 5.74) is 3.98. The highest BCUT2D eigenvalue weighted by atomic mass is 127. The lowest BCUT2D eigenvalue weighted by molar-refractivity contribution is -0.116. The maximum atomic E-state index is 12.1. The van der Waals surface area contributed by atoms with E-state index in [1.807, 2.05) is 61.8 Å².